The zero-order valence-corrected chi connectivity index (χ0v) is 12.4. The second kappa shape index (κ2) is 7.05. The Kier molecular flexibility index (Phi) is 5.12. The Bertz CT molecular complexity index is 557. The fourth-order valence-electron chi connectivity index (χ4n) is 1.63. The summed E-state index contributed by atoms with van der Waals surface area (Å²) in [5.74, 6) is -0.0494. The van der Waals surface area contributed by atoms with E-state index in [2.05, 4.69) is 22.2 Å². The number of nitrogens with zero attached hydrogens (tertiary/aromatic N) is 2. The summed E-state index contributed by atoms with van der Waals surface area (Å²) in [7, 11) is 0. The van der Waals surface area contributed by atoms with Crippen LogP contribution in [-0.4, -0.2) is 21.1 Å². The minimum atomic E-state index is -0.247. The highest BCUT2D eigenvalue weighted by Crippen LogP contribution is 2.20. The Morgan fingerprint density at radius 2 is 1.90 bits per heavy atom. The number of carbonyl (C=O) groups is 1. The van der Waals surface area contributed by atoms with Crippen LogP contribution in [0.5, 0.6) is 0 Å². The first-order valence-electron chi connectivity index (χ1n) is 6.52. The molecule has 0 saturated carbocycles. The highest BCUT2D eigenvalue weighted by Gasteiger charge is 2.15. The maximum Gasteiger partial charge on any atom is 0.237 e. The molecule has 1 aromatic carbocycles. The van der Waals surface area contributed by atoms with Crippen LogP contribution in [-0.2, 0) is 11.2 Å². The number of aryl methyl sites for hydroxylation is 1. The van der Waals surface area contributed by atoms with Gasteiger partial charge in [0.2, 0.25) is 5.91 Å². The Morgan fingerprint density at radius 3 is 2.50 bits per heavy atom. The summed E-state index contributed by atoms with van der Waals surface area (Å²) in [5.41, 5.74) is 2.07. The van der Waals surface area contributed by atoms with Crippen molar-refractivity contribution in [2.75, 3.05) is 5.32 Å². The molecular weight excluding hydrogens is 270 g/mol. The molecule has 0 aliphatic carbocycles. The van der Waals surface area contributed by atoms with Gasteiger partial charge in [0.25, 0.3) is 0 Å². The molecular formula is C15H17N3OS. The SMILES string of the molecule is CCc1ccc(NC(=O)[C@H](C)Sc2ncccn2)cc1. The van der Waals surface area contributed by atoms with E-state index in [0.29, 0.717) is 5.16 Å². The minimum absolute atomic E-state index is 0.0494. The van der Waals surface area contributed by atoms with Crippen molar-refractivity contribution >= 4 is 23.4 Å². The normalized spacial score (nSPS) is 11.9. The zero-order chi connectivity index (χ0) is 14.4. The van der Waals surface area contributed by atoms with Gasteiger partial charge in [0.05, 0.1) is 5.25 Å². The fraction of sp³-hybridized carbons (Fsp3) is 0.267. The second-order valence-electron chi connectivity index (χ2n) is 4.33. The Morgan fingerprint density at radius 1 is 1.25 bits per heavy atom. The topological polar surface area (TPSA) is 54.9 Å². The summed E-state index contributed by atoms with van der Waals surface area (Å²) in [5, 5.41) is 3.26. The number of nitrogens with one attached hydrogen (secondary N) is 1. The number of anilines is 1. The second-order valence-corrected chi connectivity index (χ2v) is 5.64. The van der Waals surface area contributed by atoms with Crippen molar-refractivity contribution in [2.45, 2.75) is 30.7 Å². The molecule has 4 nitrogen and oxygen atoms in total. The molecule has 1 aromatic heterocycles. The van der Waals surface area contributed by atoms with Gasteiger partial charge in [-0.1, -0.05) is 30.8 Å². The molecule has 20 heavy (non-hydrogen) atoms. The van der Waals surface area contributed by atoms with Crippen molar-refractivity contribution in [3.05, 3.63) is 48.3 Å². The molecule has 1 amide bonds. The van der Waals surface area contributed by atoms with Crippen LogP contribution >= 0.6 is 11.8 Å². The van der Waals surface area contributed by atoms with E-state index < -0.39 is 0 Å². The van der Waals surface area contributed by atoms with E-state index in [1.807, 2.05) is 31.2 Å². The zero-order valence-electron chi connectivity index (χ0n) is 11.5. The molecule has 0 aliphatic heterocycles. The van der Waals surface area contributed by atoms with Crippen molar-refractivity contribution in [1.29, 1.82) is 0 Å². The van der Waals surface area contributed by atoms with Gasteiger partial charge in [0, 0.05) is 18.1 Å². The van der Waals surface area contributed by atoms with Crippen molar-refractivity contribution < 1.29 is 4.79 Å². The van der Waals surface area contributed by atoms with E-state index in [0.717, 1.165) is 12.1 Å². The van der Waals surface area contributed by atoms with Crippen LogP contribution in [0, 0.1) is 0 Å². The van der Waals surface area contributed by atoms with Gasteiger partial charge < -0.3 is 5.32 Å². The van der Waals surface area contributed by atoms with E-state index in [9.17, 15) is 4.79 Å². The van der Waals surface area contributed by atoms with Crippen LogP contribution in [0.3, 0.4) is 0 Å². The molecule has 0 saturated heterocycles. The van der Waals surface area contributed by atoms with Gasteiger partial charge in [0.15, 0.2) is 5.16 Å². The summed E-state index contributed by atoms with van der Waals surface area (Å²) in [4.78, 5) is 20.3. The quantitative estimate of drug-likeness (QED) is 0.678. The molecule has 2 rings (SSSR count). The number of amides is 1. The van der Waals surface area contributed by atoms with Gasteiger partial charge in [0.1, 0.15) is 0 Å². The third-order valence-corrected chi connectivity index (χ3v) is 3.81. The molecule has 5 heteroatoms. The Labute approximate surface area is 123 Å². The first-order valence-corrected chi connectivity index (χ1v) is 7.40. The maximum atomic E-state index is 12.1. The van der Waals surface area contributed by atoms with E-state index >= 15 is 0 Å². The predicted octanol–water partition coefficient (Wildman–Crippen LogP) is 3.16. The molecule has 0 unspecified atom stereocenters. The van der Waals surface area contributed by atoms with Gasteiger partial charge in [-0.3, -0.25) is 4.79 Å². The highest BCUT2D eigenvalue weighted by molar-refractivity contribution is 8.00. The van der Waals surface area contributed by atoms with Gasteiger partial charge in [-0.05, 0) is 37.1 Å². The van der Waals surface area contributed by atoms with Crippen LogP contribution in [0.25, 0.3) is 0 Å². The molecule has 0 radical (unpaired) electrons. The monoisotopic (exact) mass is 287 g/mol. The van der Waals surface area contributed by atoms with E-state index in [1.54, 1.807) is 18.5 Å². The number of thioether (sulfide) groups is 1. The van der Waals surface area contributed by atoms with Crippen molar-refractivity contribution in [1.82, 2.24) is 9.97 Å². The maximum absolute atomic E-state index is 12.1. The number of rotatable bonds is 5. The molecule has 0 aliphatic rings. The van der Waals surface area contributed by atoms with Gasteiger partial charge in [-0.15, -0.1) is 0 Å². The lowest BCUT2D eigenvalue weighted by Gasteiger charge is -2.11. The van der Waals surface area contributed by atoms with Crippen LogP contribution in [0.15, 0.2) is 47.9 Å². The largest absolute Gasteiger partial charge is 0.325 e. The molecule has 104 valence electrons. The summed E-state index contributed by atoms with van der Waals surface area (Å²) >= 11 is 1.34. The minimum Gasteiger partial charge on any atom is -0.325 e. The van der Waals surface area contributed by atoms with E-state index in [4.69, 9.17) is 0 Å². The molecule has 1 heterocycles. The molecule has 1 atom stereocenters. The number of aromatic nitrogens is 2. The average Bonchev–Trinajstić information content (AvgIpc) is 2.49. The first-order chi connectivity index (χ1) is 9.69. The smallest absolute Gasteiger partial charge is 0.237 e. The molecule has 1 N–H and O–H groups in total. The van der Waals surface area contributed by atoms with Gasteiger partial charge in [-0.25, -0.2) is 9.97 Å². The van der Waals surface area contributed by atoms with Crippen LogP contribution in [0.2, 0.25) is 0 Å². The summed E-state index contributed by atoms with van der Waals surface area (Å²) in [6, 6.07) is 9.64. The average molecular weight is 287 g/mol. The van der Waals surface area contributed by atoms with Gasteiger partial charge in [-0.2, -0.15) is 0 Å². The summed E-state index contributed by atoms with van der Waals surface area (Å²) in [6.07, 6.45) is 4.33. The lowest BCUT2D eigenvalue weighted by atomic mass is 10.1. The first kappa shape index (κ1) is 14.5. The predicted molar refractivity (Wildman–Crippen MR) is 81.8 cm³/mol. The molecule has 0 spiro atoms. The van der Waals surface area contributed by atoms with Crippen molar-refractivity contribution in [2.24, 2.45) is 0 Å². The molecule has 0 bridgehead atoms. The molecule has 2 aromatic rings. The number of hydrogen-bond donors (Lipinski definition) is 1. The third kappa shape index (κ3) is 4.06. The standard InChI is InChI=1S/C15H17N3OS/c1-3-12-5-7-13(8-6-12)18-14(19)11(2)20-15-16-9-4-10-17-15/h4-11H,3H2,1-2H3,(H,18,19)/t11-/m0/s1. The Hall–Kier alpha value is -1.88. The van der Waals surface area contributed by atoms with Crippen molar-refractivity contribution in [3.63, 3.8) is 0 Å². The lowest BCUT2D eigenvalue weighted by Crippen LogP contribution is -2.22. The van der Waals surface area contributed by atoms with Crippen LogP contribution in [0.4, 0.5) is 5.69 Å². The third-order valence-electron chi connectivity index (χ3n) is 2.82. The highest BCUT2D eigenvalue weighted by atomic mass is 32.2. The van der Waals surface area contributed by atoms with E-state index in [-0.39, 0.29) is 11.2 Å². The summed E-state index contributed by atoms with van der Waals surface area (Å²) < 4.78 is 0. The number of carbonyl (C=O) groups excluding carboxylic acids is 1. The number of benzene rings is 1. The van der Waals surface area contributed by atoms with Crippen LogP contribution in [0.1, 0.15) is 19.4 Å². The fourth-order valence-corrected chi connectivity index (χ4v) is 2.35. The van der Waals surface area contributed by atoms with Crippen molar-refractivity contribution in [3.8, 4) is 0 Å². The summed E-state index contributed by atoms with van der Waals surface area (Å²) in [6.45, 7) is 3.95. The molecule has 0 fully saturated rings. The van der Waals surface area contributed by atoms with Crippen LogP contribution < -0.4 is 5.32 Å². The Balaban J connectivity index is 1.93. The van der Waals surface area contributed by atoms with Gasteiger partial charge >= 0.3 is 0 Å². The van der Waals surface area contributed by atoms with E-state index in [1.165, 1.54) is 17.3 Å². The number of hydrogen-bond acceptors (Lipinski definition) is 4. The lowest BCUT2D eigenvalue weighted by molar-refractivity contribution is -0.115.